The average molecular weight is 488 g/mol. The molecule has 1 amide bonds. The quantitative estimate of drug-likeness (QED) is 0.372. The highest BCUT2D eigenvalue weighted by molar-refractivity contribution is 7.92. The van der Waals surface area contributed by atoms with Crippen molar-refractivity contribution in [1.82, 2.24) is 0 Å². The summed E-state index contributed by atoms with van der Waals surface area (Å²) in [4.78, 5) is 23.5. The third-order valence-electron chi connectivity index (χ3n) is 5.11. The first-order chi connectivity index (χ1) is 15.5. The Balaban J connectivity index is 2.01. The maximum atomic E-state index is 13.5. The summed E-state index contributed by atoms with van der Waals surface area (Å²) >= 11 is 6.22. The Morgan fingerprint density at radius 1 is 1.06 bits per heavy atom. The molecule has 1 N–H and O–H groups in total. The number of hydrogen-bond acceptors (Lipinski definition) is 5. The second-order valence-corrected chi connectivity index (χ2v) is 9.78. The van der Waals surface area contributed by atoms with E-state index in [-0.39, 0.29) is 22.0 Å². The molecule has 0 saturated heterocycles. The molecule has 0 radical (unpaired) electrons. The molecule has 0 bridgehead atoms. The molecular formula is C23H22ClN3O5S. The number of hydrogen-bond donors (Lipinski definition) is 1. The number of carbonyl (C=O) groups excluding carboxylic acids is 1. The zero-order valence-corrected chi connectivity index (χ0v) is 19.8. The minimum atomic E-state index is -4.12. The minimum Gasteiger partial charge on any atom is -0.324 e. The molecular weight excluding hydrogens is 466 g/mol. The summed E-state index contributed by atoms with van der Waals surface area (Å²) in [5, 5.41) is 14.0. The first kappa shape index (κ1) is 24.2. The van der Waals surface area contributed by atoms with E-state index >= 15 is 0 Å². The lowest BCUT2D eigenvalue weighted by Crippen LogP contribution is -2.38. The Bertz CT molecular complexity index is 1320. The summed E-state index contributed by atoms with van der Waals surface area (Å²) in [6, 6.07) is 15.2. The predicted molar refractivity (Wildman–Crippen MR) is 128 cm³/mol. The van der Waals surface area contributed by atoms with Crippen molar-refractivity contribution in [3.63, 3.8) is 0 Å². The number of halogens is 1. The second kappa shape index (κ2) is 9.60. The number of carbonyl (C=O) groups is 1. The van der Waals surface area contributed by atoms with Crippen LogP contribution in [-0.4, -0.2) is 25.8 Å². The predicted octanol–water partition coefficient (Wildman–Crippen LogP) is 5.01. The molecule has 0 aliphatic carbocycles. The average Bonchev–Trinajstić information content (AvgIpc) is 2.76. The van der Waals surface area contributed by atoms with Crippen LogP contribution in [0.15, 0.2) is 65.6 Å². The first-order valence-electron chi connectivity index (χ1n) is 9.90. The maximum Gasteiger partial charge on any atom is 0.271 e. The van der Waals surface area contributed by atoms with Gasteiger partial charge in [-0.25, -0.2) is 8.42 Å². The van der Waals surface area contributed by atoms with E-state index in [2.05, 4.69) is 5.32 Å². The zero-order chi connectivity index (χ0) is 24.3. The number of non-ortho nitro benzene ring substituents is 1. The van der Waals surface area contributed by atoms with Crippen molar-refractivity contribution in [2.24, 2.45) is 0 Å². The minimum absolute atomic E-state index is 0.0202. The van der Waals surface area contributed by atoms with Gasteiger partial charge in [0.1, 0.15) is 6.54 Å². The van der Waals surface area contributed by atoms with Crippen molar-refractivity contribution < 1.29 is 18.1 Å². The van der Waals surface area contributed by atoms with Crippen LogP contribution in [0.5, 0.6) is 0 Å². The van der Waals surface area contributed by atoms with E-state index in [9.17, 15) is 23.3 Å². The van der Waals surface area contributed by atoms with Gasteiger partial charge in [0, 0.05) is 17.2 Å². The lowest BCUT2D eigenvalue weighted by atomic mass is 10.2. The lowest BCUT2D eigenvalue weighted by Gasteiger charge is -2.26. The fraction of sp³-hybridized carbons (Fsp3) is 0.174. The fourth-order valence-corrected chi connectivity index (χ4v) is 4.83. The largest absolute Gasteiger partial charge is 0.324 e. The van der Waals surface area contributed by atoms with Crippen LogP contribution in [0.1, 0.15) is 16.7 Å². The summed E-state index contributed by atoms with van der Waals surface area (Å²) in [7, 11) is -4.12. The maximum absolute atomic E-state index is 13.5. The summed E-state index contributed by atoms with van der Waals surface area (Å²) < 4.78 is 28.0. The summed E-state index contributed by atoms with van der Waals surface area (Å²) in [5.41, 5.74) is 2.28. The molecule has 3 aromatic rings. The van der Waals surface area contributed by atoms with Crippen LogP contribution in [0.25, 0.3) is 0 Å². The van der Waals surface area contributed by atoms with Gasteiger partial charge in [-0.3, -0.25) is 19.2 Å². The number of amides is 1. The summed E-state index contributed by atoms with van der Waals surface area (Å²) in [6.45, 7) is 4.63. The van der Waals surface area contributed by atoms with E-state index < -0.39 is 27.4 Å². The van der Waals surface area contributed by atoms with E-state index in [4.69, 9.17) is 11.6 Å². The van der Waals surface area contributed by atoms with Crippen LogP contribution in [0.3, 0.4) is 0 Å². The van der Waals surface area contributed by atoms with Crippen molar-refractivity contribution in [3.05, 3.63) is 92.5 Å². The number of nitro benzene ring substituents is 1. The van der Waals surface area contributed by atoms with Gasteiger partial charge < -0.3 is 5.32 Å². The number of nitro groups is 1. The molecule has 0 unspecified atom stereocenters. The number of sulfonamides is 1. The van der Waals surface area contributed by atoms with Gasteiger partial charge in [0.25, 0.3) is 15.7 Å². The van der Waals surface area contributed by atoms with Gasteiger partial charge in [0.15, 0.2) is 0 Å². The van der Waals surface area contributed by atoms with Crippen LogP contribution in [0.4, 0.5) is 17.1 Å². The zero-order valence-electron chi connectivity index (χ0n) is 18.2. The number of nitrogens with one attached hydrogen (secondary N) is 1. The normalized spacial score (nSPS) is 11.2. The highest BCUT2D eigenvalue weighted by atomic mass is 35.5. The molecule has 0 aromatic heterocycles. The van der Waals surface area contributed by atoms with Crippen LogP contribution < -0.4 is 9.62 Å². The van der Waals surface area contributed by atoms with Gasteiger partial charge in [-0.2, -0.15) is 0 Å². The number of nitrogens with zero attached hydrogens (tertiary/aromatic N) is 2. The molecule has 10 heteroatoms. The Labute approximate surface area is 197 Å². The van der Waals surface area contributed by atoms with Crippen molar-refractivity contribution >= 4 is 44.6 Å². The first-order valence-corrected chi connectivity index (χ1v) is 11.7. The van der Waals surface area contributed by atoms with E-state index in [1.54, 1.807) is 44.2 Å². The molecule has 0 fully saturated rings. The highest BCUT2D eigenvalue weighted by Crippen LogP contribution is 2.31. The molecule has 0 heterocycles. The highest BCUT2D eigenvalue weighted by Gasteiger charge is 2.29. The van der Waals surface area contributed by atoms with Gasteiger partial charge in [-0.15, -0.1) is 0 Å². The molecule has 0 aliphatic heterocycles. The lowest BCUT2D eigenvalue weighted by molar-refractivity contribution is -0.384. The molecule has 3 aromatic carbocycles. The van der Waals surface area contributed by atoms with Gasteiger partial charge in [0.05, 0.1) is 21.2 Å². The van der Waals surface area contributed by atoms with Crippen molar-refractivity contribution in [2.75, 3.05) is 16.2 Å². The van der Waals surface area contributed by atoms with Gasteiger partial charge in [-0.1, -0.05) is 41.4 Å². The molecule has 33 heavy (non-hydrogen) atoms. The second-order valence-electron chi connectivity index (χ2n) is 7.51. The van der Waals surface area contributed by atoms with Crippen molar-refractivity contribution in [2.45, 2.75) is 25.7 Å². The number of rotatable bonds is 7. The molecule has 0 spiro atoms. The fourth-order valence-electron chi connectivity index (χ4n) is 3.18. The van der Waals surface area contributed by atoms with Crippen LogP contribution in [-0.2, 0) is 14.8 Å². The molecule has 172 valence electrons. The Hall–Kier alpha value is -3.43. The van der Waals surface area contributed by atoms with Crippen molar-refractivity contribution in [1.29, 1.82) is 0 Å². The topological polar surface area (TPSA) is 110 Å². The van der Waals surface area contributed by atoms with Crippen molar-refractivity contribution in [3.8, 4) is 0 Å². The molecule has 3 rings (SSSR count). The van der Waals surface area contributed by atoms with Crippen LogP contribution in [0, 0.1) is 30.9 Å². The van der Waals surface area contributed by atoms with E-state index in [0.29, 0.717) is 16.1 Å². The molecule has 0 saturated carbocycles. The van der Waals surface area contributed by atoms with Crippen LogP contribution in [0.2, 0.25) is 5.02 Å². The summed E-state index contributed by atoms with van der Waals surface area (Å²) in [6.07, 6.45) is 0. The monoisotopic (exact) mass is 487 g/mol. The standard InChI is InChI=1S/C23H22ClN3O5S/c1-15-7-11-19(12-8-15)33(31,32)26(22-6-4-5-20(24)17(22)3)14-23(28)25-21-13-18(27(29)30)10-9-16(21)2/h4-13H,14H2,1-3H3,(H,25,28). The third kappa shape index (κ3) is 5.32. The Kier molecular flexibility index (Phi) is 7.04. The number of benzene rings is 3. The molecule has 8 nitrogen and oxygen atoms in total. The Morgan fingerprint density at radius 2 is 1.73 bits per heavy atom. The Morgan fingerprint density at radius 3 is 2.36 bits per heavy atom. The third-order valence-corrected chi connectivity index (χ3v) is 7.29. The molecule has 0 aliphatic rings. The van der Waals surface area contributed by atoms with E-state index in [1.165, 1.54) is 30.3 Å². The summed E-state index contributed by atoms with van der Waals surface area (Å²) in [5.74, 6) is -0.659. The SMILES string of the molecule is Cc1ccc(S(=O)(=O)N(CC(=O)Nc2cc([N+](=O)[O-])ccc2C)c2cccc(Cl)c2C)cc1. The number of anilines is 2. The van der Waals surface area contributed by atoms with Gasteiger partial charge in [-0.05, 0) is 56.2 Å². The van der Waals surface area contributed by atoms with Crippen LogP contribution >= 0.6 is 11.6 Å². The van der Waals surface area contributed by atoms with Gasteiger partial charge in [0.2, 0.25) is 5.91 Å². The van der Waals surface area contributed by atoms with E-state index in [1.807, 2.05) is 6.92 Å². The molecule has 0 atom stereocenters. The smallest absolute Gasteiger partial charge is 0.271 e. The van der Waals surface area contributed by atoms with E-state index in [0.717, 1.165) is 9.87 Å². The van der Waals surface area contributed by atoms with Gasteiger partial charge >= 0.3 is 0 Å². The number of aryl methyl sites for hydroxylation is 2.